The Morgan fingerprint density at radius 1 is 1.73 bits per heavy atom. The fourth-order valence-corrected chi connectivity index (χ4v) is 1.58. The van der Waals surface area contributed by atoms with Gasteiger partial charge in [0.1, 0.15) is 6.04 Å². The number of amides is 1. The number of nitrogens with zero attached hydrogens (tertiary/aromatic N) is 1. The molecular formula is C9H16N2O4. The number of aliphatic carboxylic acids is 1. The highest BCUT2D eigenvalue weighted by Gasteiger charge is 2.32. The molecule has 0 aromatic rings. The molecule has 0 radical (unpaired) electrons. The lowest BCUT2D eigenvalue weighted by molar-refractivity contribution is -0.152. The van der Waals surface area contributed by atoms with E-state index < -0.39 is 12.0 Å². The maximum absolute atomic E-state index is 11.5. The Morgan fingerprint density at radius 3 is 3.07 bits per heavy atom. The minimum atomic E-state index is -0.965. The Kier molecular flexibility index (Phi) is 4.51. The Morgan fingerprint density at radius 2 is 2.47 bits per heavy atom. The molecule has 1 amide bonds. The van der Waals surface area contributed by atoms with Crippen molar-refractivity contribution in [3.05, 3.63) is 0 Å². The second kappa shape index (κ2) is 5.67. The van der Waals surface area contributed by atoms with Crippen molar-refractivity contribution in [3.8, 4) is 0 Å². The molecule has 0 aromatic carbocycles. The molecule has 1 unspecified atom stereocenters. The van der Waals surface area contributed by atoms with E-state index in [1.807, 2.05) is 0 Å². The summed E-state index contributed by atoms with van der Waals surface area (Å²) in [5, 5.41) is 11.7. The normalized spacial score (nSPS) is 21.8. The highest BCUT2D eigenvalue weighted by molar-refractivity contribution is 5.86. The van der Waals surface area contributed by atoms with E-state index in [0.29, 0.717) is 26.1 Å². The fraction of sp³-hybridized carbons (Fsp3) is 0.778. The summed E-state index contributed by atoms with van der Waals surface area (Å²) in [5.41, 5.74) is 0. The minimum absolute atomic E-state index is 0.162. The zero-order chi connectivity index (χ0) is 11.3. The molecule has 6 heteroatoms. The molecule has 1 heterocycles. The average Bonchev–Trinajstić information content (AvgIpc) is 2.20. The first-order valence-corrected chi connectivity index (χ1v) is 4.88. The zero-order valence-electron chi connectivity index (χ0n) is 8.73. The van der Waals surface area contributed by atoms with Crippen molar-refractivity contribution in [2.75, 3.05) is 33.4 Å². The molecule has 0 aromatic heterocycles. The minimum Gasteiger partial charge on any atom is -0.480 e. The third-order valence-electron chi connectivity index (χ3n) is 2.34. The molecule has 0 spiro atoms. The van der Waals surface area contributed by atoms with E-state index in [0.717, 1.165) is 0 Å². The van der Waals surface area contributed by atoms with Crippen molar-refractivity contribution < 1.29 is 19.4 Å². The molecule has 0 aliphatic carbocycles. The number of rotatable bonds is 5. The van der Waals surface area contributed by atoms with E-state index >= 15 is 0 Å². The van der Waals surface area contributed by atoms with Gasteiger partial charge in [0.2, 0.25) is 5.91 Å². The first-order chi connectivity index (χ1) is 7.16. The largest absolute Gasteiger partial charge is 0.480 e. The molecule has 0 bridgehead atoms. The van der Waals surface area contributed by atoms with Crippen LogP contribution in [0, 0.1) is 0 Å². The van der Waals surface area contributed by atoms with Crippen LogP contribution in [0.2, 0.25) is 0 Å². The van der Waals surface area contributed by atoms with Gasteiger partial charge < -0.3 is 20.1 Å². The Hall–Kier alpha value is -1.14. The van der Waals surface area contributed by atoms with Crippen molar-refractivity contribution in [2.24, 2.45) is 0 Å². The summed E-state index contributed by atoms with van der Waals surface area (Å²) in [6, 6.07) is -0.747. The highest BCUT2D eigenvalue weighted by atomic mass is 16.5. The van der Waals surface area contributed by atoms with Crippen LogP contribution < -0.4 is 5.32 Å². The van der Waals surface area contributed by atoms with Crippen molar-refractivity contribution in [1.82, 2.24) is 10.2 Å². The van der Waals surface area contributed by atoms with Crippen molar-refractivity contribution in [1.29, 1.82) is 0 Å². The van der Waals surface area contributed by atoms with Gasteiger partial charge in [0.15, 0.2) is 0 Å². The van der Waals surface area contributed by atoms with E-state index in [2.05, 4.69) is 5.32 Å². The molecule has 1 saturated heterocycles. The number of nitrogens with one attached hydrogen (secondary N) is 1. The van der Waals surface area contributed by atoms with E-state index in [1.54, 1.807) is 7.11 Å². The highest BCUT2D eigenvalue weighted by Crippen LogP contribution is 2.05. The molecule has 6 nitrogen and oxygen atoms in total. The van der Waals surface area contributed by atoms with E-state index in [1.165, 1.54) is 4.90 Å². The number of piperazine rings is 1. The number of hydrogen-bond donors (Lipinski definition) is 2. The van der Waals surface area contributed by atoms with Crippen LogP contribution >= 0.6 is 0 Å². The van der Waals surface area contributed by atoms with Gasteiger partial charge in [-0.05, 0) is 6.42 Å². The van der Waals surface area contributed by atoms with E-state index in [-0.39, 0.29) is 12.5 Å². The summed E-state index contributed by atoms with van der Waals surface area (Å²) in [6.07, 6.45) is 0.659. The van der Waals surface area contributed by atoms with Gasteiger partial charge in [-0.25, -0.2) is 4.79 Å². The van der Waals surface area contributed by atoms with Crippen LogP contribution in [-0.4, -0.2) is 61.3 Å². The number of methoxy groups -OCH3 is 1. The third kappa shape index (κ3) is 3.17. The van der Waals surface area contributed by atoms with Gasteiger partial charge in [-0.1, -0.05) is 0 Å². The number of ether oxygens (including phenoxy) is 1. The molecule has 15 heavy (non-hydrogen) atoms. The number of hydrogen-bond acceptors (Lipinski definition) is 4. The van der Waals surface area contributed by atoms with Crippen molar-refractivity contribution in [3.63, 3.8) is 0 Å². The lowest BCUT2D eigenvalue weighted by atomic mass is 10.2. The molecule has 1 atom stereocenters. The van der Waals surface area contributed by atoms with Crippen LogP contribution in [0.5, 0.6) is 0 Å². The molecule has 1 fully saturated rings. The number of carboxylic acid groups (broad SMARTS) is 1. The monoisotopic (exact) mass is 216 g/mol. The fourth-order valence-electron chi connectivity index (χ4n) is 1.58. The predicted molar refractivity (Wildman–Crippen MR) is 52.5 cm³/mol. The molecule has 2 N–H and O–H groups in total. The van der Waals surface area contributed by atoms with Gasteiger partial charge in [0, 0.05) is 26.8 Å². The maximum atomic E-state index is 11.5. The van der Waals surface area contributed by atoms with Crippen molar-refractivity contribution in [2.45, 2.75) is 12.5 Å². The molecule has 1 rings (SSSR count). The maximum Gasteiger partial charge on any atom is 0.327 e. The standard InChI is InChI=1S/C9H16N2O4/c1-15-4-2-3-11-7(9(13)14)5-10-6-8(11)12/h7,10H,2-6H2,1H3,(H,13,14). The van der Waals surface area contributed by atoms with Crippen LogP contribution in [0.3, 0.4) is 0 Å². The summed E-state index contributed by atoms with van der Waals surface area (Å²) < 4.78 is 4.86. The van der Waals surface area contributed by atoms with Crippen LogP contribution in [0.1, 0.15) is 6.42 Å². The number of carboxylic acids is 1. The third-order valence-corrected chi connectivity index (χ3v) is 2.34. The smallest absolute Gasteiger partial charge is 0.327 e. The quantitative estimate of drug-likeness (QED) is 0.571. The van der Waals surface area contributed by atoms with Crippen molar-refractivity contribution >= 4 is 11.9 Å². The molecule has 1 aliphatic rings. The average molecular weight is 216 g/mol. The Labute approximate surface area is 88.2 Å². The van der Waals surface area contributed by atoms with Crippen LogP contribution in [0.15, 0.2) is 0 Å². The predicted octanol–water partition coefficient (Wildman–Crippen LogP) is -1.09. The first-order valence-electron chi connectivity index (χ1n) is 4.88. The van der Waals surface area contributed by atoms with E-state index in [9.17, 15) is 9.59 Å². The molecule has 1 aliphatic heterocycles. The number of carbonyl (C=O) groups excluding carboxylic acids is 1. The Bertz CT molecular complexity index is 244. The summed E-state index contributed by atoms with van der Waals surface area (Å²) in [6.45, 7) is 1.50. The van der Waals surface area contributed by atoms with Gasteiger partial charge in [0.05, 0.1) is 6.54 Å². The first kappa shape index (κ1) is 11.9. The van der Waals surface area contributed by atoms with Gasteiger partial charge in [0.25, 0.3) is 0 Å². The molecule has 86 valence electrons. The SMILES string of the molecule is COCCCN1C(=O)CNCC1C(=O)O. The number of carbonyl (C=O) groups is 2. The summed E-state index contributed by atoms with van der Waals surface area (Å²) >= 11 is 0. The van der Waals surface area contributed by atoms with Gasteiger partial charge in [-0.15, -0.1) is 0 Å². The van der Waals surface area contributed by atoms with Gasteiger partial charge in [-0.3, -0.25) is 4.79 Å². The van der Waals surface area contributed by atoms with Gasteiger partial charge in [-0.2, -0.15) is 0 Å². The second-order valence-electron chi connectivity index (χ2n) is 3.42. The second-order valence-corrected chi connectivity index (χ2v) is 3.42. The summed E-state index contributed by atoms with van der Waals surface area (Å²) in [5.74, 6) is -1.13. The van der Waals surface area contributed by atoms with E-state index in [4.69, 9.17) is 9.84 Å². The molecular weight excluding hydrogens is 200 g/mol. The van der Waals surface area contributed by atoms with Gasteiger partial charge >= 0.3 is 5.97 Å². The summed E-state index contributed by atoms with van der Waals surface area (Å²) in [4.78, 5) is 23.7. The molecule has 0 saturated carbocycles. The van der Waals surface area contributed by atoms with Crippen LogP contribution in [0.4, 0.5) is 0 Å². The lowest BCUT2D eigenvalue weighted by Crippen LogP contribution is -2.58. The zero-order valence-corrected chi connectivity index (χ0v) is 8.73. The lowest BCUT2D eigenvalue weighted by Gasteiger charge is -2.33. The van der Waals surface area contributed by atoms with Crippen LogP contribution in [-0.2, 0) is 14.3 Å². The topological polar surface area (TPSA) is 78.9 Å². The van der Waals surface area contributed by atoms with Crippen LogP contribution in [0.25, 0.3) is 0 Å². The summed E-state index contributed by atoms with van der Waals surface area (Å²) in [7, 11) is 1.58. The Balaban J connectivity index is 2.52.